The van der Waals surface area contributed by atoms with Crippen LogP contribution in [0.1, 0.15) is 23.0 Å². The van der Waals surface area contributed by atoms with Gasteiger partial charge in [0.1, 0.15) is 0 Å². The first-order valence-corrected chi connectivity index (χ1v) is 10.0. The number of carbonyl (C=O) groups is 1. The molecule has 0 atom stereocenters. The number of nitrogens with zero attached hydrogens (tertiary/aromatic N) is 2. The van der Waals surface area contributed by atoms with Gasteiger partial charge in [-0.15, -0.1) is 0 Å². The second kappa shape index (κ2) is 7.13. The third-order valence-electron chi connectivity index (χ3n) is 3.97. The predicted octanol–water partition coefficient (Wildman–Crippen LogP) is 3.09. The third-order valence-corrected chi connectivity index (χ3v) is 5.08. The van der Waals surface area contributed by atoms with Gasteiger partial charge in [-0.1, -0.05) is 31.2 Å². The highest BCUT2D eigenvalue weighted by Crippen LogP contribution is 2.19. The molecule has 26 heavy (non-hydrogen) atoms. The molecular weight excluding hydrogens is 350 g/mol. The van der Waals surface area contributed by atoms with Crippen LogP contribution in [0.2, 0.25) is 0 Å². The normalized spacial score (nSPS) is 11.3. The SMILES string of the molecule is CCc1c(C(=O)Nc2cccc(S(C)(=O)=O)c2)cnn1-c1ccccc1. The van der Waals surface area contributed by atoms with E-state index in [1.807, 2.05) is 37.3 Å². The van der Waals surface area contributed by atoms with Gasteiger partial charge in [0, 0.05) is 11.9 Å². The Hall–Kier alpha value is -2.93. The molecule has 0 radical (unpaired) electrons. The molecule has 1 heterocycles. The maximum absolute atomic E-state index is 12.7. The van der Waals surface area contributed by atoms with E-state index < -0.39 is 9.84 Å². The summed E-state index contributed by atoms with van der Waals surface area (Å²) >= 11 is 0. The molecule has 0 saturated carbocycles. The number of nitrogens with one attached hydrogen (secondary N) is 1. The Morgan fingerprint density at radius 2 is 1.85 bits per heavy atom. The van der Waals surface area contributed by atoms with Gasteiger partial charge in [0.2, 0.25) is 0 Å². The van der Waals surface area contributed by atoms with Gasteiger partial charge in [-0.25, -0.2) is 13.1 Å². The van der Waals surface area contributed by atoms with E-state index >= 15 is 0 Å². The predicted molar refractivity (Wildman–Crippen MR) is 100 cm³/mol. The van der Waals surface area contributed by atoms with E-state index in [9.17, 15) is 13.2 Å². The van der Waals surface area contributed by atoms with Gasteiger partial charge in [-0.2, -0.15) is 5.10 Å². The van der Waals surface area contributed by atoms with Gasteiger partial charge < -0.3 is 5.32 Å². The van der Waals surface area contributed by atoms with Crippen molar-refractivity contribution >= 4 is 21.4 Å². The minimum absolute atomic E-state index is 0.158. The molecule has 3 aromatic rings. The van der Waals surface area contributed by atoms with Crippen LogP contribution in [0, 0.1) is 0 Å². The number of aromatic nitrogens is 2. The van der Waals surface area contributed by atoms with Crippen molar-refractivity contribution in [3.8, 4) is 5.69 Å². The first-order chi connectivity index (χ1) is 12.4. The molecule has 0 saturated heterocycles. The van der Waals surface area contributed by atoms with Crippen LogP contribution >= 0.6 is 0 Å². The Morgan fingerprint density at radius 1 is 1.12 bits per heavy atom. The lowest BCUT2D eigenvalue weighted by Gasteiger charge is -2.09. The lowest BCUT2D eigenvalue weighted by Crippen LogP contribution is -2.14. The Labute approximate surface area is 152 Å². The van der Waals surface area contributed by atoms with Crippen LogP contribution in [-0.2, 0) is 16.3 Å². The molecule has 0 unspecified atom stereocenters. The first-order valence-electron chi connectivity index (χ1n) is 8.14. The summed E-state index contributed by atoms with van der Waals surface area (Å²) in [4.78, 5) is 12.8. The smallest absolute Gasteiger partial charge is 0.259 e. The average molecular weight is 369 g/mol. The van der Waals surface area contributed by atoms with Crippen LogP contribution in [0.3, 0.4) is 0 Å². The number of amides is 1. The van der Waals surface area contributed by atoms with Crippen molar-refractivity contribution in [3.05, 3.63) is 72.1 Å². The molecule has 134 valence electrons. The van der Waals surface area contributed by atoms with Gasteiger partial charge >= 0.3 is 0 Å². The summed E-state index contributed by atoms with van der Waals surface area (Å²) in [6.45, 7) is 1.96. The maximum Gasteiger partial charge on any atom is 0.259 e. The molecule has 0 bridgehead atoms. The summed E-state index contributed by atoms with van der Waals surface area (Å²) in [5.74, 6) is -0.324. The van der Waals surface area contributed by atoms with Crippen LogP contribution < -0.4 is 5.32 Å². The molecule has 1 aromatic heterocycles. The van der Waals surface area contributed by atoms with Gasteiger partial charge in [-0.05, 0) is 36.8 Å². The van der Waals surface area contributed by atoms with Crippen LogP contribution in [0.25, 0.3) is 5.69 Å². The minimum atomic E-state index is -3.34. The maximum atomic E-state index is 12.7. The van der Waals surface area contributed by atoms with Crippen molar-refractivity contribution in [2.75, 3.05) is 11.6 Å². The lowest BCUT2D eigenvalue weighted by molar-refractivity contribution is 0.102. The summed E-state index contributed by atoms with van der Waals surface area (Å²) in [5.41, 5.74) is 2.55. The minimum Gasteiger partial charge on any atom is -0.322 e. The number of benzene rings is 2. The van der Waals surface area contributed by atoms with Crippen molar-refractivity contribution in [2.24, 2.45) is 0 Å². The molecule has 0 aliphatic carbocycles. The standard InChI is InChI=1S/C19H19N3O3S/c1-3-18-17(13-20-22(18)15-9-5-4-6-10-15)19(23)21-14-8-7-11-16(12-14)26(2,24)25/h4-13H,3H2,1-2H3,(H,21,23). The molecule has 1 N–H and O–H groups in total. The van der Waals surface area contributed by atoms with E-state index in [-0.39, 0.29) is 10.8 Å². The van der Waals surface area contributed by atoms with Gasteiger partial charge in [0.05, 0.1) is 28.0 Å². The van der Waals surface area contributed by atoms with Gasteiger partial charge in [-0.3, -0.25) is 4.79 Å². The van der Waals surface area contributed by atoms with Gasteiger partial charge in [0.15, 0.2) is 9.84 Å². The Bertz CT molecular complexity index is 1040. The zero-order valence-corrected chi connectivity index (χ0v) is 15.3. The van der Waals surface area contributed by atoms with Crippen LogP contribution in [0.15, 0.2) is 65.7 Å². The van der Waals surface area contributed by atoms with E-state index in [1.54, 1.807) is 16.8 Å². The monoisotopic (exact) mass is 369 g/mol. The average Bonchev–Trinajstić information content (AvgIpc) is 3.06. The highest BCUT2D eigenvalue weighted by atomic mass is 32.2. The highest BCUT2D eigenvalue weighted by molar-refractivity contribution is 7.90. The topological polar surface area (TPSA) is 81.1 Å². The van der Waals surface area contributed by atoms with E-state index in [1.165, 1.54) is 18.3 Å². The largest absolute Gasteiger partial charge is 0.322 e. The highest BCUT2D eigenvalue weighted by Gasteiger charge is 2.18. The van der Waals surface area contributed by atoms with Gasteiger partial charge in [0.25, 0.3) is 5.91 Å². The van der Waals surface area contributed by atoms with Crippen LogP contribution in [-0.4, -0.2) is 30.4 Å². The molecule has 0 aliphatic heterocycles. The second-order valence-electron chi connectivity index (χ2n) is 5.86. The van der Waals surface area contributed by atoms with Crippen molar-refractivity contribution in [1.29, 1.82) is 0 Å². The zero-order valence-electron chi connectivity index (χ0n) is 14.5. The van der Waals surface area contributed by atoms with Crippen LogP contribution in [0.5, 0.6) is 0 Å². The summed E-state index contributed by atoms with van der Waals surface area (Å²) in [6.07, 6.45) is 3.29. The summed E-state index contributed by atoms with van der Waals surface area (Å²) in [7, 11) is -3.34. The number of hydrogen-bond acceptors (Lipinski definition) is 4. The third kappa shape index (κ3) is 3.67. The molecule has 0 spiro atoms. The molecule has 0 aliphatic rings. The molecule has 7 heteroatoms. The van der Waals surface area contributed by atoms with E-state index in [2.05, 4.69) is 10.4 Å². The van der Waals surface area contributed by atoms with Crippen molar-refractivity contribution in [1.82, 2.24) is 9.78 Å². The quantitative estimate of drug-likeness (QED) is 0.749. The number of sulfone groups is 1. The van der Waals surface area contributed by atoms with E-state index in [0.717, 1.165) is 17.6 Å². The first kappa shape index (κ1) is 17.9. The molecule has 1 amide bonds. The summed E-state index contributed by atoms with van der Waals surface area (Å²) in [5, 5.41) is 7.09. The Balaban J connectivity index is 1.91. The number of hydrogen-bond donors (Lipinski definition) is 1. The van der Waals surface area contributed by atoms with Crippen LogP contribution in [0.4, 0.5) is 5.69 Å². The van der Waals surface area contributed by atoms with Crippen molar-refractivity contribution in [2.45, 2.75) is 18.2 Å². The number of carbonyl (C=O) groups excluding carboxylic acids is 1. The fourth-order valence-corrected chi connectivity index (χ4v) is 3.37. The Morgan fingerprint density at radius 3 is 2.50 bits per heavy atom. The number of rotatable bonds is 5. The lowest BCUT2D eigenvalue weighted by atomic mass is 10.2. The fourth-order valence-electron chi connectivity index (χ4n) is 2.70. The molecular formula is C19H19N3O3S. The zero-order chi connectivity index (χ0) is 18.7. The molecule has 3 rings (SSSR count). The molecule has 0 fully saturated rings. The Kier molecular flexibility index (Phi) is 4.90. The van der Waals surface area contributed by atoms with Crippen molar-refractivity contribution in [3.63, 3.8) is 0 Å². The summed E-state index contributed by atoms with van der Waals surface area (Å²) < 4.78 is 25.1. The van der Waals surface area contributed by atoms with E-state index in [0.29, 0.717) is 17.7 Å². The molecule has 6 nitrogen and oxygen atoms in total. The summed E-state index contributed by atoms with van der Waals surface area (Å²) in [6, 6.07) is 15.8. The number of para-hydroxylation sites is 1. The van der Waals surface area contributed by atoms with E-state index in [4.69, 9.17) is 0 Å². The number of anilines is 1. The fraction of sp³-hybridized carbons (Fsp3) is 0.158. The molecule has 2 aromatic carbocycles. The second-order valence-corrected chi connectivity index (χ2v) is 7.88. The van der Waals surface area contributed by atoms with Crippen molar-refractivity contribution < 1.29 is 13.2 Å².